The van der Waals surface area contributed by atoms with Gasteiger partial charge in [-0.1, -0.05) is 0 Å². The van der Waals surface area contributed by atoms with Gasteiger partial charge in [0.15, 0.2) is 5.76 Å². The van der Waals surface area contributed by atoms with Gasteiger partial charge in [0, 0.05) is 10.3 Å². The number of aliphatic hydroxyl groups is 1. The van der Waals surface area contributed by atoms with Crippen molar-refractivity contribution in [3.05, 3.63) is 38.9 Å². The van der Waals surface area contributed by atoms with E-state index in [0.717, 1.165) is 15.1 Å². The number of thiophene rings is 1. The highest BCUT2D eigenvalue weighted by atomic mass is 79.9. The molecule has 0 bridgehead atoms. The Hall–Kier alpha value is -0.780. The second kappa shape index (κ2) is 4.38. The van der Waals surface area contributed by atoms with Crippen molar-refractivity contribution < 1.29 is 14.3 Å². The third kappa shape index (κ3) is 2.09. The lowest BCUT2D eigenvalue weighted by Crippen LogP contribution is -1.95. The summed E-state index contributed by atoms with van der Waals surface area (Å²) in [5.41, 5.74) is 0. The van der Waals surface area contributed by atoms with Crippen molar-refractivity contribution in [3.8, 4) is 5.75 Å². The molecule has 80 valence electrons. The van der Waals surface area contributed by atoms with Gasteiger partial charge in [-0.3, -0.25) is 0 Å². The zero-order valence-electron chi connectivity index (χ0n) is 7.94. The first kappa shape index (κ1) is 10.7. The zero-order valence-corrected chi connectivity index (χ0v) is 10.3. The van der Waals surface area contributed by atoms with E-state index < -0.39 is 6.10 Å². The fourth-order valence-electron chi connectivity index (χ4n) is 1.21. The van der Waals surface area contributed by atoms with Crippen molar-refractivity contribution in [1.82, 2.24) is 0 Å². The quantitative estimate of drug-likeness (QED) is 0.943. The van der Waals surface area contributed by atoms with Crippen LogP contribution in [-0.2, 0) is 0 Å². The van der Waals surface area contributed by atoms with Crippen molar-refractivity contribution in [2.24, 2.45) is 0 Å². The predicted molar refractivity (Wildman–Crippen MR) is 61.3 cm³/mol. The first-order valence-corrected chi connectivity index (χ1v) is 5.93. The number of rotatable bonds is 3. The summed E-state index contributed by atoms with van der Waals surface area (Å²) in [7, 11) is 1.60. The summed E-state index contributed by atoms with van der Waals surface area (Å²) in [6.07, 6.45) is 0.788. The largest absolute Gasteiger partial charge is 0.496 e. The van der Waals surface area contributed by atoms with Gasteiger partial charge in [-0.25, -0.2) is 0 Å². The molecule has 5 heteroatoms. The molecule has 0 spiro atoms. The van der Waals surface area contributed by atoms with Crippen LogP contribution in [0.1, 0.15) is 16.7 Å². The lowest BCUT2D eigenvalue weighted by molar-refractivity contribution is 0.191. The molecule has 2 rings (SSSR count). The standard InChI is InChI=1S/C10H9BrO3S/c1-13-6-4-8(15-5-6)9(12)10-7(11)2-3-14-10/h2-5,9,12H,1H3. The van der Waals surface area contributed by atoms with E-state index in [9.17, 15) is 5.11 Å². The fraction of sp³-hybridized carbons (Fsp3) is 0.200. The third-order valence-electron chi connectivity index (χ3n) is 1.99. The SMILES string of the molecule is COc1csc(C(O)c2occc2Br)c1. The molecule has 15 heavy (non-hydrogen) atoms. The second-order valence-corrected chi connectivity index (χ2v) is 4.72. The predicted octanol–water partition coefficient (Wildman–Crippen LogP) is 3.19. The van der Waals surface area contributed by atoms with Crippen molar-refractivity contribution >= 4 is 27.3 Å². The molecule has 2 heterocycles. The molecule has 1 unspecified atom stereocenters. The molecule has 3 nitrogen and oxygen atoms in total. The monoisotopic (exact) mass is 288 g/mol. The molecule has 1 atom stereocenters. The van der Waals surface area contributed by atoms with Gasteiger partial charge < -0.3 is 14.3 Å². The highest BCUT2D eigenvalue weighted by Crippen LogP contribution is 2.34. The number of halogens is 1. The molecule has 0 aliphatic carbocycles. The molecular formula is C10H9BrO3S. The van der Waals surface area contributed by atoms with Gasteiger partial charge in [0.2, 0.25) is 0 Å². The van der Waals surface area contributed by atoms with Gasteiger partial charge in [0.25, 0.3) is 0 Å². The van der Waals surface area contributed by atoms with Crippen molar-refractivity contribution in [3.63, 3.8) is 0 Å². The first-order valence-electron chi connectivity index (χ1n) is 4.25. The summed E-state index contributed by atoms with van der Waals surface area (Å²) < 4.78 is 11.0. The van der Waals surface area contributed by atoms with Crippen LogP contribution in [0, 0.1) is 0 Å². The maximum atomic E-state index is 10.0. The Morgan fingerprint density at radius 2 is 2.40 bits per heavy atom. The number of ether oxygens (including phenoxy) is 1. The van der Waals surface area contributed by atoms with Crippen LogP contribution in [-0.4, -0.2) is 12.2 Å². The van der Waals surface area contributed by atoms with E-state index in [-0.39, 0.29) is 0 Å². The Labute approximate surface area is 99.4 Å². The van der Waals surface area contributed by atoms with Gasteiger partial charge >= 0.3 is 0 Å². The van der Waals surface area contributed by atoms with Crippen LogP contribution in [0.5, 0.6) is 5.75 Å². The highest BCUT2D eigenvalue weighted by Gasteiger charge is 2.19. The van der Waals surface area contributed by atoms with Gasteiger partial charge in [-0.15, -0.1) is 11.3 Å². The molecule has 1 N–H and O–H groups in total. The third-order valence-corrected chi connectivity index (χ3v) is 3.61. The smallest absolute Gasteiger partial charge is 0.151 e. The highest BCUT2D eigenvalue weighted by molar-refractivity contribution is 9.10. The molecule has 0 saturated carbocycles. The average molecular weight is 289 g/mol. The van der Waals surface area contributed by atoms with Crippen LogP contribution < -0.4 is 4.74 Å². The Bertz CT molecular complexity index is 449. The van der Waals surface area contributed by atoms with E-state index in [1.807, 2.05) is 5.38 Å². The molecule has 0 aliphatic rings. The minimum Gasteiger partial charge on any atom is -0.496 e. The van der Waals surface area contributed by atoms with Crippen LogP contribution in [0.4, 0.5) is 0 Å². The second-order valence-electron chi connectivity index (χ2n) is 2.92. The van der Waals surface area contributed by atoms with Gasteiger partial charge in [-0.05, 0) is 28.1 Å². The number of furan rings is 1. The maximum absolute atomic E-state index is 10.0. The molecule has 0 saturated heterocycles. The molecular weight excluding hydrogens is 280 g/mol. The maximum Gasteiger partial charge on any atom is 0.151 e. The number of hydrogen-bond donors (Lipinski definition) is 1. The topological polar surface area (TPSA) is 42.6 Å². The minimum atomic E-state index is -0.747. The van der Waals surface area contributed by atoms with Gasteiger partial charge in [-0.2, -0.15) is 0 Å². The molecule has 0 aromatic carbocycles. The van der Waals surface area contributed by atoms with Crippen LogP contribution in [0.3, 0.4) is 0 Å². The Morgan fingerprint density at radius 3 is 2.93 bits per heavy atom. The fourth-order valence-corrected chi connectivity index (χ4v) is 2.47. The zero-order chi connectivity index (χ0) is 10.8. The first-order chi connectivity index (χ1) is 7.22. The van der Waals surface area contributed by atoms with Gasteiger partial charge in [0.1, 0.15) is 11.9 Å². The lowest BCUT2D eigenvalue weighted by Gasteiger charge is -2.04. The normalized spacial score (nSPS) is 12.7. The summed E-state index contributed by atoms with van der Waals surface area (Å²) in [5.74, 6) is 1.26. The molecule has 2 aromatic heterocycles. The van der Waals surface area contributed by atoms with E-state index in [4.69, 9.17) is 9.15 Å². The van der Waals surface area contributed by atoms with Crippen LogP contribution >= 0.6 is 27.3 Å². The van der Waals surface area contributed by atoms with Crippen molar-refractivity contribution in [2.45, 2.75) is 6.10 Å². The number of methoxy groups -OCH3 is 1. The average Bonchev–Trinajstić information content (AvgIpc) is 2.84. The van der Waals surface area contributed by atoms with E-state index in [1.54, 1.807) is 19.2 Å². The van der Waals surface area contributed by atoms with Crippen LogP contribution in [0.25, 0.3) is 0 Å². The lowest BCUT2D eigenvalue weighted by atomic mass is 10.2. The Balaban J connectivity index is 2.28. The molecule has 0 aliphatic heterocycles. The summed E-state index contributed by atoms with van der Waals surface area (Å²) in [4.78, 5) is 0.794. The van der Waals surface area contributed by atoms with Crippen LogP contribution in [0.15, 0.2) is 32.7 Å². The van der Waals surface area contributed by atoms with E-state index in [0.29, 0.717) is 5.76 Å². The molecule has 0 radical (unpaired) electrons. The summed E-state index contributed by atoms with van der Waals surface area (Å²) in [6, 6.07) is 3.55. The Kier molecular flexibility index (Phi) is 3.14. The van der Waals surface area contributed by atoms with Crippen molar-refractivity contribution in [1.29, 1.82) is 0 Å². The van der Waals surface area contributed by atoms with Crippen molar-refractivity contribution in [2.75, 3.05) is 7.11 Å². The van der Waals surface area contributed by atoms with Crippen LogP contribution in [0.2, 0.25) is 0 Å². The van der Waals surface area contributed by atoms with E-state index in [1.165, 1.54) is 17.6 Å². The number of hydrogen-bond acceptors (Lipinski definition) is 4. The van der Waals surface area contributed by atoms with E-state index >= 15 is 0 Å². The summed E-state index contributed by atoms with van der Waals surface area (Å²) in [5, 5.41) is 11.8. The van der Waals surface area contributed by atoms with Gasteiger partial charge in [0.05, 0.1) is 17.8 Å². The Morgan fingerprint density at radius 1 is 1.60 bits per heavy atom. The van der Waals surface area contributed by atoms with E-state index in [2.05, 4.69) is 15.9 Å². The number of aliphatic hydroxyl groups excluding tert-OH is 1. The molecule has 2 aromatic rings. The summed E-state index contributed by atoms with van der Waals surface area (Å²) in [6.45, 7) is 0. The molecule has 0 fully saturated rings. The molecule has 0 amide bonds. The summed E-state index contributed by atoms with van der Waals surface area (Å²) >= 11 is 4.74. The minimum absolute atomic E-state index is 0.513.